The van der Waals surface area contributed by atoms with Gasteiger partial charge in [-0.3, -0.25) is 4.90 Å². The molecule has 8 nitrogen and oxygen atoms in total. The zero-order chi connectivity index (χ0) is 33.6. The summed E-state index contributed by atoms with van der Waals surface area (Å²) in [5, 5.41) is 16.4. The number of nitrogens with one attached hydrogen (secondary N) is 1. The Morgan fingerprint density at radius 1 is 1.02 bits per heavy atom. The van der Waals surface area contributed by atoms with Crippen molar-refractivity contribution in [1.29, 1.82) is 0 Å². The van der Waals surface area contributed by atoms with Crippen LogP contribution in [0.2, 0.25) is 5.02 Å². The van der Waals surface area contributed by atoms with Gasteiger partial charge in [0.15, 0.2) is 5.82 Å². The van der Waals surface area contributed by atoms with Gasteiger partial charge < -0.3 is 24.8 Å². The molecular formula is C38H42ClF2N5O3. The number of nitrogens with zero attached hydrogens (tertiary/aromatic N) is 4. The van der Waals surface area contributed by atoms with E-state index in [9.17, 15) is 5.11 Å². The molecule has 3 aromatic carbocycles. The number of benzene rings is 3. The number of morpholine rings is 1. The minimum atomic E-state index is -0.634. The summed E-state index contributed by atoms with van der Waals surface area (Å²) in [7, 11) is 0. The van der Waals surface area contributed by atoms with E-state index in [-0.39, 0.29) is 51.3 Å². The minimum absolute atomic E-state index is 0.0408. The lowest BCUT2D eigenvalue weighted by Gasteiger charge is -2.62. The van der Waals surface area contributed by atoms with Crippen LogP contribution in [0.4, 0.5) is 14.6 Å². The Morgan fingerprint density at radius 2 is 1.76 bits per heavy atom. The lowest BCUT2D eigenvalue weighted by atomic mass is 9.42. The summed E-state index contributed by atoms with van der Waals surface area (Å²) < 4.78 is 45.1. The van der Waals surface area contributed by atoms with Gasteiger partial charge in [0.05, 0.1) is 23.8 Å². The number of halogens is 3. The van der Waals surface area contributed by atoms with Gasteiger partial charge in [0.1, 0.15) is 22.9 Å². The molecular weight excluding hydrogens is 648 g/mol. The van der Waals surface area contributed by atoms with Crippen LogP contribution < -0.4 is 15.0 Å². The third kappa shape index (κ3) is 5.41. The molecule has 3 aliphatic carbocycles. The second-order valence-electron chi connectivity index (χ2n) is 15.3. The molecule has 0 radical (unpaired) electrons. The number of aromatic nitrogens is 2. The SMILES string of the molecule is CC1CN(CCCOc2nc(N3CC4CCC(C3)N4)c3cc(Cl)c(-c4cc(O)cc5ccc(F)c(C67CC(C6)C7)c45)c(F)c3n2)CC(C)O1. The number of aromatic hydroxyl groups is 1. The fourth-order valence-corrected chi connectivity index (χ4v) is 9.82. The maximum Gasteiger partial charge on any atom is 0.319 e. The molecule has 1 aromatic heterocycles. The van der Waals surface area contributed by atoms with Crippen molar-refractivity contribution in [2.75, 3.05) is 44.2 Å². The minimum Gasteiger partial charge on any atom is -0.508 e. The summed E-state index contributed by atoms with van der Waals surface area (Å²) in [4.78, 5) is 14.1. The molecule has 11 heteroatoms. The van der Waals surface area contributed by atoms with Gasteiger partial charge >= 0.3 is 6.01 Å². The Morgan fingerprint density at radius 3 is 2.45 bits per heavy atom. The average molecular weight is 690 g/mol. The van der Waals surface area contributed by atoms with Crippen LogP contribution in [0, 0.1) is 17.6 Å². The number of hydrogen-bond donors (Lipinski definition) is 2. The van der Waals surface area contributed by atoms with Crippen molar-refractivity contribution in [1.82, 2.24) is 20.2 Å². The van der Waals surface area contributed by atoms with Crippen molar-refractivity contribution in [3.05, 3.63) is 52.6 Å². The van der Waals surface area contributed by atoms with Gasteiger partial charge in [-0.15, -0.1) is 0 Å². The fraction of sp³-hybridized carbons (Fsp3) is 0.526. The monoisotopic (exact) mass is 689 g/mol. The third-order valence-corrected chi connectivity index (χ3v) is 11.9. The van der Waals surface area contributed by atoms with E-state index in [0.717, 1.165) is 71.2 Å². The van der Waals surface area contributed by atoms with Gasteiger partial charge in [0, 0.05) is 61.3 Å². The molecule has 0 spiro atoms. The number of rotatable bonds is 8. The fourth-order valence-electron chi connectivity index (χ4n) is 9.53. The van der Waals surface area contributed by atoms with E-state index in [1.165, 1.54) is 12.1 Å². The number of anilines is 1. The van der Waals surface area contributed by atoms with Gasteiger partial charge in [0.2, 0.25) is 0 Å². The molecule has 4 bridgehead atoms. The molecule has 4 heterocycles. The molecule has 4 atom stereocenters. The Labute approximate surface area is 289 Å². The van der Waals surface area contributed by atoms with Gasteiger partial charge in [0.25, 0.3) is 0 Å². The molecule has 4 unspecified atom stereocenters. The quantitative estimate of drug-likeness (QED) is 0.192. The van der Waals surface area contributed by atoms with Crippen LogP contribution >= 0.6 is 11.6 Å². The highest BCUT2D eigenvalue weighted by atomic mass is 35.5. The number of fused-ring (bicyclic) bond motifs is 4. The van der Waals surface area contributed by atoms with Crippen molar-refractivity contribution in [3.8, 4) is 22.9 Å². The predicted octanol–water partition coefficient (Wildman–Crippen LogP) is 6.96. The molecule has 0 amide bonds. The van der Waals surface area contributed by atoms with Crippen LogP contribution in [0.1, 0.15) is 57.9 Å². The number of ether oxygens (including phenoxy) is 2. The van der Waals surface area contributed by atoms with E-state index < -0.39 is 5.82 Å². The van der Waals surface area contributed by atoms with E-state index in [1.807, 2.05) is 0 Å². The van der Waals surface area contributed by atoms with Crippen LogP contribution in [0.25, 0.3) is 32.8 Å². The van der Waals surface area contributed by atoms with Crippen LogP contribution in [-0.2, 0) is 10.2 Å². The molecule has 258 valence electrons. The summed E-state index contributed by atoms with van der Waals surface area (Å²) in [6.07, 6.45) is 6.05. The molecule has 10 rings (SSSR count). The van der Waals surface area contributed by atoms with E-state index in [1.54, 1.807) is 18.2 Å². The van der Waals surface area contributed by atoms with Crippen molar-refractivity contribution in [3.63, 3.8) is 0 Å². The van der Waals surface area contributed by atoms with Gasteiger partial charge in [-0.05, 0) is 104 Å². The van der Waals surface area contributed by atoms with Crippen molar-refractivity contribution >= 4 is 39.1 Å². The summed E-state index contributed by atoms with van der Waals surface area (Å²) in [6.45, 7) is 8.62. The van der Waals surface area contributed by atoms with Crippen LogP contribution in [0.5, 0.6) is 11.8 Å². The molecule has 3 aliphatic heterocycles. The van der Waals surface area contributed by atoms with Gasteiger partial charge in [-0.25, -0.2) is 8.78 Å². The highest BCUT2D eigenvalue weighted by Crippen LogP contribution is 2.67. The molecule has 49 heavy (non-hydrogen) atoms. The molecule has 3 saturated carbocycles. The van der Waals surface area contributed by atoms with Gasteiger partial charge in [-0.2, -0.15) is 9.97 Å². The smallest absolute Gasteiger partial charge is 0.319 e. The van der Waals surface area contributed by atoms with Crippen molar-refractivity contribution < 1.29 is 23.4 Å². The van der Waals surface area contributed by atoms with E-state index >= 15 is 8.78 Å². The first kappa shape index (κ1) is 31.7. The Balaban J connectivity index is 1.13. The van der Waals surface area contributed by atoms with Crippen molar-refractivity contribution in [2.45, 2.75) is 82.1 Å². The van der Waals surface area contributed by atoms with Crippen LogP contribution in [0.15, 0.2) is 30.3 Å². The Kier molecular flexibility index (Phi) is 7.68. The average Bonchev–Trinajstić information content (AvgIpc) is 3.35. The topological polar surface area (TPSA) is 83.0 Å². The molecule has 2 N–H and O–H groups in total. The Bertz CT molecular complexity index is 1940. The Hall–Kier alpha value is -3.31. The molecule has 4 aromatic rings. The number of piperazine rings is 1. The van der Waals surface area contributed by atoms with Crippen LogP contribution in [0.3, 0.4) is 0 Å². The molecule has 3 saturated heterocycles. The zero-order valence-corrected chi connectivity index (χ0v) is 28.7. The number of phenolic OH excluding ortho intramolecular Hbond substituents is 1. The summed E-state index contributed by atoms with van der Waals surface area (Å²) in [6, 6.07) is 8.74. The van der Waals surface area contributed by atoms with E-state index in [4.69, 9.17) is 26.1 Å². The molecule has 6 fully saturated rings. The first-order chi connectivity index (χ1) is 23.6. The van der Waals surface area contributed by atoms with Crippen molar-refractivity contribution in [2.24, 2.45) is 5.92 Å². The normalized spacial score (nSPS) is 29.3. The maximum atomic E-state index is 17.3. The summed E-state index contributed by atoms with van der Waals surface area (Å²) in [5.41, 5.74) is 0.914. The second kappa shape index (κ2) is 11.9. The number of hydrogen-bond acceptors (Lipinski definition) is 8. The molecule has 6 aliphatic rings. The first-order valence-electron chi connectivity index (χ1n) is 17.8. The maximum absolute atomic E-state index is 17.3. The lowest BCUT2D eigenvalue weighted by molar-refractivity contribution is -0.0686. The summed E-state index contributed by atoms with van der Waals surface area (Å²) >= 11 is 7.03. The van der Waals surface area contributed by atoms with E-state index in [2.05, 4.69) is 33.9 Å². The zero-order valence-electron chi connectivity index (χ0n) is 27.9. The van der Waals surface area contributed by atoms with Crippen LogP contribution in [-0.4, -0.2) is 83.6 Å². The van der Waals surface area contributed by atoms with Gasteiger partial charge in [-0.1, -0.05) is 17.7 Å². The third-order valence-electron chi connectivity index (χ3n) is 11.6. The highest BCUT2D eigenvalue weighted by Gasteiger charge is 2.59. The first-order valence-corrected chi connectivity index (χ1v) is 18.2. The second-order valence-corrected chi connectivity index (χ2v) is 15.7. The number of phenols is 1. The lowest BCUT2D eigenvalue weighted by Crippen LogP contribution is -2.55. The highest BCUT2D eigenvalue weighted by molar-refractivity contribution is 6.35. The predicted molar refractivity (Wildman–Crippen MR) is 187 cm³/mol. The standard InChI is InChI=1S/C38H42ClF2N5O3/c1-20-16-45(17-21(2)49-20)8-3-9-48-37-43-35-28(36(44-37)46-18-24-5-6-25(19-46)42-24)12-29(39)32(34(35)41)27-11-26(47)10-23-4-7-30(40)33(31(23)27)38-13-22(14-38)15-38/h4,7,10-12,20-22,24-25,42,47H,3,5-6,8-9,13-19H2,1-2H3. The van der Waals surface area contributed by atoms with E-state index in [0.29, 0.717) is 57.7 Å². The largest absolute Gasteiger partial charge is 0.508 e. The summed E-state index contributed by atoms with van der Waals surface area (Å²) in [5.74, 6) is 0.240.